The topological polar surface area (TPSA) is 122 Å². The molecule has 2 aliphatic heterocycles. The van der Waals surface area contributed by atoms with E-state index in [9.17, 15) is 24.6 Å². The summed E-state index contributed by atoms with van der Waals surface area (Å²) in [4.78, 5) is 42.9. The van der Waals surface area contributed by atoms with Gasteiger partial charge >= 0.3 is 0 Å². The standard InChI is InChI=1S/C34H38N4O5/c1-24(10-8-16-31(40)37(20-21-39)23-25-11-4-2-5-12-25)34(43)28-22-26(36-32(41)29-15-9-19-35-29)17-18-30(28)38(33(34)42)27-13-6-3-7-14-27/h2-8,10-14,17-18,22,24,29,35,39,43H,9,15-16,19-21,23H2,1H3,(H,36,41)/b10-8+/t24-,29+,34+/m0/s1. The summed E-state index contributed by atoms with van der Waals surface area (Å²) in [5.41, 5.74) is 1.04. The van der Waals surface area contributed by atoms with Crippen LogP contribution in [-0.4, -0.2) is 58.6 Å². The van der Waals surface area contributed by atoms with Crippen molar-refractivity contribution in [2.45, 2.75) is 44.4 Å². The van der Waals surface area contributed by atoms with Crippen LogP contribution in [-0.2, 0) is 26.5 Å². The van der Waals surface area contributed by atoms with Crippen LogP contribution >= 0.6 is 0 Å². The zero-order valence-corrected chi connectivity index (χ0v) is 24.3. The van der Waals surface area contributed by atoms with E-state index < -0.39 is 17.4 Å². The zero-order chi connectivity index (χ0) is 30.4. The van der Waals surface area contributed by atoms with Crippen LogP contribution in [0.3, 0.4) is 0 Å². The van der Waals surface area contributed by atoms with Crippen molar-refractivity contribution in [2.24, 2.45) is 5.92 Å². The maximum Gasteiger partial charge on any atom is 0.268 e. The first-order chi connectivity index (χ1) is 20.8. The van der Waals surface area contributed by atoms with Crippen LogP contribution in [0.1, 0.15) is 37.3 Å². The summed E-state index contributed by atoms with van der Waals surface area (Å²) in [7, 11) is 0. The highest BCUT2D eigenvalue weighted by atomic mass is 16.3. The van der Waals surface area contributed by atoms with E-state index in [0.29, 0.717) is 29.2 Å². The van der Waals surface area contributed by atoms with Gasteiger partial charge in [-0.2, -0.15) is 0 Å². The third kappa shape index (κ3) is 6.39. The highest BCUT2D eigenvalue weighted by molar-refractivity contribution is 6.12. The Morgan fingerprint density at radius 1 is 1.12 bits per heavy atom. The quantitative estimate of drug-likeness (QED) is 0.255. The number of aliphatic hydroxyl groups is 2. The number of nitrogens with one attached hydrogen (secondary N) is 2. The normalized spacial score (nSPS) is 20.3. The van der Waals surface area contributed by atoms with E-state index in [1.165, 1.54) is 4.90 Å². The molecule has 3 aromatic rings. The SMILES string of the molecule is C[C@@H](/C=C/CC(=O)N(CCO)Cc1ccccc1)[C@]1(O)C(=O)N(c2ccccc2)c2ccc(NC(=O)[C@H]3CCCN3)cc21. The minimum Gasteiger partial charge on any atom is -0.395 e. The van der Waals surface area contributed by atoms with Gasteiger partial charge in [0.05, 0.1) is 18.3 Å². The molecule has 0 bridgehead atoms. The van der Waals surface area contributed by atoms with Crippen molar-refractivity contribution < 1.29 is 24.6 Å². The highest BCUT2D eigenvalue weighted by Crippen LogP contribution is 2.49. The molecule has 1 saturated heterocycles. The molecule has 5 rings (SSSR count). The first-order valence-corrected chi connectivity index (χ1v) is 14.7. The van der Waals surface area contributed by atoms with Gasteiger partial charge in [0.1, 0.15) is 0 Å². The predicted octanol–water partition coefficient (Wildman–Crippen LogP) is 3.85. The number of rotatable bonds is 11. The Kier molecular flexibility index (Phi) is 9.35. The number of nitrogens with zero attached hydrogens (tertiary/aromatic N) is 2. The predicted molar refractivity (Wildman–Crippen MR) is 165 cm³/mol. The molecule has 1 fully saturated rings. The average molecular weight is 583 g/mol. The van der Waals surface area contributed by atoms with Crippen molar-refractivity contribution in [1.82, 2.24) is 10.2 Å². The van der Waals surface area contributed by atoms with Crippen LogP contribution in [0.15, 0.2) is 91.0 Å². The fraction of sp³-hybridized carbons (Fsp3) is 0.324. The minimum atomic E-state index is -1.94. The lowest BCUT2D eigenvalue weighted by Gasteiger charge is -2.28. The van der Waals surface area contributed by atoms with Gasteiger partial charge in [0.15, 0.2) is 5.60 Å². The lowest BCUT2D eigenvalue weighted by atomic mass is 9.82. The van der Waals surface area contributed by atoms with Gasteiger partial charge in [0, 0.05) is 42.4 Å². The molecule has 43 heavy (non-hydrogen) atoms. The molecule has 4 N–H and O–H groups in total. The Balaban J connectivity index is 1.39. The number of benzene rings is 3. The van der Waals surface area contributed by atoms with E-state index in [4.69, 9.17) is 0 Å². The molecule has 3 aromatic carbocycles. The molecular weight excluding hydrogens is 544 g/mol. The smallest absolute Gasteiger partial charge is 0.268 e. The van der Waals surface area contributed by atoms with Gasteiger partial charge in [-0.25, -0.2) is 0 Å². The van der Waals surface area contributed by atoms with E-state index in [0.717, 1.165) is 24.9 Å². The summed E-state index contributed by atoms with van der Waals surface area (Å²) in [6.45, 7) is 2.94. The lowest BCUT2D eigenvalue weighted by Crippen LogP contribution is -2.42. The fourth-order valence-electron chi connectivity index (χ4n) is 5.78. The Morgan fingerprint density at radius 2 is 1.84 bits per heavy atom. The van der Waals surface area contributed by atoms with Crippen molar-refractivity contribution in [3.05, 3.63) is 102 Å². The molecule has 9 heteroatoms. The van der Waals surface area contributed by atoms with Crippen molar-refractivity contribution in [2.75, 3.05) is 29.9 Å². The van der Waals surface area contributed by atoms with Crippen molar-refractivity contribution >= 4 is 34.8 Å². The first-order valence-electron chi connectivity index (χ1n) is 14.7. The number of para-hydroxylation sites is 1. The average Bonchev–Trinajstić information content (AvgIpc) is 3.64. The number of carbonyl (C=O) groups excluding carboxylic acids is 3. The largest absolute Gasteiger partial charge is 0.395 e. The molecule has 3 amide bonds. The first kappa shape index (κ1) is 30.2. The number of fused-ring (bicyclic) bond motifs is 1. The number of hydrogen-bond acceptors (Lipinski definition) is 6. The Morgan fingerprint density at radius 3 is 2.51 bits per heavy atom. The fourth-order valence-corrected chi connectivity index (χ4v) is 5.78. The zero-order valence-electron chi connectivity index (χ0n) is 24.3. The minimum absolute atomic E-state index is 0.0428. The van der Waals surface area contributed by atoms with Crippen LogP contribution in [0, 0.1) is 5.92 Å². The third-order valence-corrected chi connectivity index (χ3v) is 8.15. The second-order valence-electron chi connectivity index (χ2n) is 11.1. The molecule has 0 aromatic heterocycles. The summed E-state index contributed by atoms with van der Waals surface area (Å²) >= 11 is 0. The van der Waals surface area contributed by atoms with Crippen molar-refractivity contribution in [3.8, 4) is 0 Å². The van der Waals surface area contributed by atoms with Crippen LogP contribution in [0.25, 0.3) is 0 Å². The lowest BCUT2D eigenvalue weighted by molar-refractivity contribution is -0.138. The Labute approximate surface area is 251 Å². The monoisotopic (exact) mass is 582 g/mol. The van der Waals surface area contributed by atoms with Gasteiger partial charge in [-0.05, 0) is 55.3 Å². The van der Waals surface area contributed by atoms with E-state index in [-0.39, 0.29) is 37.4 Å². The van der Waals surface area contributed by atoms with Gasteiger partial charge in [0.2, 0.25) is 11.8 Å². The summed E-state index contributed by atoms with van der Waals surface area (Å²) in [5, 5.41) is 27.8. The molecule has 224 valence electrons. The molecule has 3 atom stereocenters. The molecule has 0 saturated carbocycles. The molecule has 0 unspecified atom stereocenters. The summed E-state index contributed by atoms with van der Waals surface area (Å²) in [6.07, 6.45) is 5.07. The van der Waals surface area contributed by atoms with E-state index in [1.54, 1.807) is 54.3 Å². The number of aliphatic hydroxyl groups excluding tert-OH is 1. The molecule has 2 heterocycles. The summed E-state index contributed by atoms with van der Waals surface area (Å²) in [5.74, 6) is -1.55. The van der Waals surface area contributed by atoms with E-state index in [1.807, 2.05) is 48.5 Å². The van der Waals surface area contributed by atoms with Gasteiger partial charge in [-0.15, -0.1) is 0 Å². The molecule has 0 aliphatic carbocycles. The number of hydrogen-bond donors (Lipinski definition) is 4. The van der Waals surface area contributed by atoms with Gasteiger partial charge in [0.25, 0.3) is 5.91 Å². The second kappa shape index (κ2) is 13.3. The number of carbonyl (C=O) groups is 3. The maximum absolute atomic E-state index is 14.0. The van der Waals surface area contributed by atoms with Gasteiger partial charge in [-0.1, -0.05) is 67.6 Å². The molecule has 0 radical (unpaired) electrons. The van der Waals surface area contributed by atoms with Crippen LogP contribution < -0.4 is 15.5 Å². The molecule has 0 spiro atoms. The maximum atomic E-state index is 14.0. The molecule has 9 nitrogen and oxygen atoms in total. The van der Waals surface area contributed by atoms with Gasteiger partial charge < -0.3 is 25.7 Å². The van der Waals surface area contributed by atoms with Crippen LogP contribution in [0.5, 0.6) is 0 Å². The van der Waals surface area contributed by atoms with Crippen LogP contribution in [0.2, 0.25) is 0 Å². The summed E-state index contributed by atoms with van der Waals surface area (Å²) in [6, 6.07) is 23.5. The molecular formula is C34H38N4O5. The van der Waals surface area contributed by atoms with Crippen LogP contribution in [0.4, 0.5) is 17.1 Å². The molecule has 2 aliphatic rings. The van der Waals surface area contributed by atoms with Crippen molar-refractivity contribution in [3.63, 3.8) is 0 Å². The van der Waals surface area contributed by atoms with E-state index in [2.05, 4.69) is 10.6 Å². The second-order valence-corrected chi connectivity index (χ2v) is 11.1. The number of anilines is 3. The summed E-state index contributed by atoms with van der Waals surface area (Å²) < 4.78 is 0. The highest BCUT2D eigenvalue weighted by Gasteiger charge is 2.53. The van der Waals surface area contributed by atoms with E-state index >= 15 is 0 Å². The van der Waals surface area contributed by atoms with Gasteiger partial charge in [-0.3, -0.25) is 19.3 Å². The third-order valence-electron chi connectivity index (χ3n) is 8.15. The van der Waals surface area contributed by atoms with Crippen molar-refractivity contribution in [1.29, 1.82) is 0 Å². The Bertz CT molecular complexity index is 1470. The Hall–Kier alpha value is -4.31. The number of amides is 3.